The molecule has 1 heterocycles. The number of aliphatic hydroxyl groups excluding tert-OH is 1. The van der Waals surface area contributed by atoms with Gasteiger partial charge in [-0.15, -0.1) is 0 Å². The van der Waals surface area contributed by atoms with Crippen LogP contribution in [-0.2, 0) is 0 Å². The Morgan fingerprint density at radius 2 is 1.77 bits per heavy atom. The van der Waals surface area contributed by atoms with Crippen LogP contribution < -0.4 is 5.73 Å². The SMILES string of the molecule is NCCC(O)CN1CCCCCC1. The van der Waals surface area contributed by atoms with Crippen LogP contribution >= 0.6 is 0 Å². The molecule has 1 aliphatic rings. The third-order valence-corrected chi connectivity index (χ3v) is 2.67. The lowest BCUT2D eigenvalue weighted by Crippen LogP contribution is -2.34. The molecule has 13 heavy (non-hydrogen) atoms. The second-order valence-electron chi connectivity index (χ2n) is 3.95. The average molecular weight is 186 g/mol. The maximum Gasteiger partial charge on any atom is 0.0679 e. The van der Waals surface area contributed by atoms with Gasteiger partial charge < -0.3 is 15.7 Å². The molecule has 3 N–H and O–H groups in total. The van der Waals surface area contributed by atoms with E-state index in [-0.39, 0.29) is 6.10 Å². The molecule has 0 aromatic heterocycles. The zero-order valence-electron chi connectivity index (χ0n) is 8.41. The Balaban J connectivity index is 2.17. The van der Waals surface area contributed by atoms with E-state index < -0.39 is 0 Å². The molecular formula is C10H22N2O. The Morgan fingerprint density at radius 3 is 2.31 bits per heavy atom. The zero-order chi connectivity index (χ0) is 9.52. The van der Waals surface area contributed by atoms with Crippen molar-refractivity contribution in [2.45, 2.75) is 38.2 Å². The van der Waals surface area contributed by atoms with Crippen molar-refractivity contribution in [2.75, 3.05) is 26.2 Å². The molecular weight excluding hydrogens is 164 g/mol. The molecule has 0 radical (unpaired) electrons. The number of nitrogens with zero attached hydrogens (tertiary/aromatic N) is 1. The maximum absolute atomic E-state index is 9.57. The molecule has 0 aliphatic carbocycles. The van der Waals surface area contributed by atoms with Crippen molar-refractivity contribution in [3.63, 3.8) is 0 Å². The van der Waals surface area contributed by atoms with E-state index in [2.05, 4.69) is 4.90 Å². The molecule has 78 valence electrons. The summed E-state index contributed by atoms with van der Waals surface area (Å²) in [4.78, 5) is 2.37. The minimum absolute atomic E-state index is 0.219. The summed E-state index contributed by atoms with van der Waals surface area (Å²) >= 11 is 0. The van der Waals surface area contributed by atoms with Crippen LogP contribution in [0.1, 0.15) is 32.1 Å². The first kappa shape index (κ1) is 11.0. The van der Waals surface area contributed by atoms with Crippen LogP contribution in [0.15, 0.2) is 0 Å². The maximum atomic E-state index is 9.57. The summed E-state index contributed by atoms with van der Waals surface area (Å²) < 4.78 is 0. The van der Waals surface area contributed by atoms with E-state index in [1.165, 1.54) is 25.7 Å². The molecule has 0 bridgehead atoms. The lowest BCUT2D eigenvalue weighted by molar-refractivity contribution is 0.109. The normalized spacial score (nSPS) is 22.6. The van der Waals surface area contributed by atoms with Crippen LogP contribution in [0.2, 0.25) is 0 Å². The molecule has 1 saturated heterocycles. The van der Waals surface area contributed by atoms with Crippen LogP contribution in [0.4, 0.5) is 0 Å². The lowest BCUT2D eigenvalue weighted by atomic mass is 10.2. The van der Waals surface area contributed by atoms with Crippen molar-refractivity contribution < 1.29 is 5.11 Å². The summed E-state index contributed by atoms with van der Waals surface area (Å²) in [5.41, 5.74) is 5.39. The fourth-order valence-electron chi connectivity index (χ4n) is 1.90. The third-order valence-electron chi connectivity index (χ3n) is 2.67. The van der Waals surface area contributed by atoms with Gasteiger partial charge in [-0.3, -0.25) is 0 Å². The first-order chi connectivity index (χ1) is 6.33. The van der Waals surface area contributed by atoms with Gasteiger partial charge in [0, 0.05) is 6.54 Å². The Bertz CT molecular complexity index is 122. The summed E-state index contributed by atoms with van der Waals surface area (Å²) in [5, 5.41) is 9.57. The predicted molar refractivity (Wildman–Crippen MR) is 54.6 cm³/mol. The topological polar surface area (TPSA) is 49.5 Å². The Kier molecular flexibility index (Phi) is 5.35. The molecule has 3 nitrogen and oxygen atoms in total. The van der Waals surface area contributed by atoms with Gasteiger partial charge in [-0.05, 0) is 38.9 Å². The summed E-state index contributed by atoms with van der Waals surface area (Å²) in [5.74, 6) is 0. The third kappa shape index (κ3) is 4.60. The molecule has 0 saturated carbocycles. The Labute approximate surface area is 80.9 Å². The van der Waals surface area contributed by atoms with Crippen LogP contribution in [0.25, 0.3) is 0 Å². The highest BCUT2D eigenvalue weighted by molar-refractivity contribution is 4.68. The van der Waals surface area contributed by atoms with Crippen molar-refractivity contribution in [3.8, 4) is 0 Å². The van der Waals surface area contributed by atoms with Gasteiger partial charge in [-0.25, -0.2) is 0 Å². The van der Waals surface area contributed by atoms with Crippen molar-refractivity contribution in [2.24, 2.45) is 5.73 Å². The number of rotatable bonds is 4. The molecule has 1 aliphatic heterocycles. The number of aliphatic hydroxyl groups is 1. The molecule has 1 rings (SSSR count). The summed E-state index contributed by atoms with van der Waals surface area (Å²) in [6.45, 7) is 3.72. The van der Waals surface area contributed by atoms with Crippen LogP contribution in [-0.4, -0.2) is 42.3 Å². The van der Waals surface area contributed by atoms with Crippen LogP contribution in [0.3, 0.4) is 0 Å². The minimum Gasteiger partial charge on any atom is -0.392 e. The molecule has 1 atom stereocenters. The highest BCUT2D eigenvalue weighted by Gasteiger charge is 2.12. The molecule has 3 heteroatoms. The minimum atomic E-state index is -0.219. The molecule has 0 spiro atoms. The van der Waals surface area contributed by atoms with Gasteiger partial charge in [0.2, 0.25) is 0 Å². The van der Waals surface area contributed by atoms with Gasteiger partial charge in [0.25, 0.3) is 0 Å². The van der Waals surface area contributed by atoms with Gasteiger partial charge in [0.05, 0.1) is 6.10 Å². The quantitative estimate of drug-likeness (QED) is 0.675. The van der Waals surface area contributed by atoms with E-state index in [0.29, 0.717) is 6.54 Å². The highest BCUT2D eigenvalue weighted by Crippen LogP contribution is 2.10. The van der Waals surface area contributed by atoms with Crippen molar-refractivity contribution in [1.29, 1.82) is 0 Å². The van der Waals surface area contributed by atoms with Gasteiger partial charge in [0.1, 0.15) is 0 Å². The Morgan fingerprint density at radius 1 is 1.15 bits per heavy atom. The summed E-state index contributed by atoms with van der Waals surface area (Å²) in [6, 6.07) is 0. The first-order valence-electron chi connectivity index (χ1n) is 5.43. The second-order valence-corrected chi connectivity index (χ2v) is 3.95. The van der Waals surface area contributed by atoms with E-state index in [1.54, 1.807) is 0 Å². The first-order valence-corrected chi connectivity index (χ1v) is 5.43. The number of likely N-dealkylation sites (tertiary alicyclic amines) is 1. The standard InChI is InChI=1S/C10H22N2O/c11-6-5-10(13)9-12-7-3-1-2-4-8-12/h10,13H,1-9,11H2. The van der Waals surface area contributed by atoms with E-state index in [4.69, 9.17) is 5.73 Å². The molecule has 1 fully saturated rings. The average Bonchev–Trinajstić information content (AvgIpc) is 2.33. The molecule has 0 aromatic rings. The summed E-state index contributed by atoms with van der Waals surface area (Å²) in [6.07, 6.45) is 5.79. The number of β-amino-alcohol motifs (C(OH)–C–C–N with tert-alkyl or cyclic N) is 1. The number of hydrogen-bond donors (Lipinski definition) is 2. The molecule has 0 aromatic carbocycles. The lowest BCUT2D eigenvalue weighted by Gasteiger charge is -2.22. The Hall–Kier alpha value is -0.120. The second kappa shape index (κ2) is 6.35. The van der Waals surface area contributed by atoms with Crippen molar-refractivity contribution in [1.82, 2.24) is 4.90 Å². The number of hydrogen-bond acceptors (Lipinski definition) is 3. The molecule has 0 amide bonds. The smallest absolute Gasteiger partial charge is 0.0679 e. The molecule has 1 unspecified atom stereocenters. The fraction of sp³-hybridized carbons (Fsp3) is 1.00. The van der Waals surface area contributed by atoms with Crippen LogP contribution in [0.5, 0.6) is 0 Å². The largest absolute Gasteiger partial charge is 0.392 e. The van der Waals surface area contributed by atoms with E-state index >= 15 is 0 Å². The predicted octanol–water partition coefficient (Wildman–Crippen LogP) is 0.572. The fourth-order valence-corrected chi connectivity index (χ4v) is 1.90. The van der Waals surface area contributed by atoms with Crippen molar-refractivity contribution in [3.05, 3.63) is 0 Å². The summed E-state index contributed by atoms with van der Waals surface area (Å²) in [7, 11) is 0. The van der Waals surface area contributed by atoms with Gasteiger partial charge in [-0.1, -0.05) is 12.8 Å². The van der Waals surface area contributed by atoms with Gasteiger partial charge in [0.15, 0.2) is 0 Å². The van der Waals surface area contributed by atoms with E-state index in [1.807, 2.05) is 0 Å². The number of nitrogens with two attached hydrogens (primary N) is 1. The van der Waals surface area contributed by atoms with Crippen LogP contribution in [0, 0.1) is 0 Å². The van der Waals surface area contributed by atoms with Gasteiger partial charge >= 0.3 is 0 Å². The van der Waals surface area contributed by atoms with E-state index in [9.17, 15) is 5.11 Å². The monoisotopic (exact) mass is 186 g/mol. The van der Waals surface area contributed by atoms with E-state index in [0.717, 1.165) is 26.1 Å². The van der Waals surface area contributed by atoms with Gasteiger partial charge in [-0.2, -0.15) is 0 Å². The van der Waals surface area contributed by atoms with Crippen molar-refractivity contribution >= 4 is 0 Å². The zero-order valence-corrected chi connectivity index (χ0v) is 8.41. The highest BCUT2D eigenvalue weighted by atomic mass is 16.3.